The first-order chi connectivity index (χ1) is 23.9. The van der Waals surface area contributed by atoms with E-state index in [0.29, 0.717) is 18.7 Å². The summed E-state index contributed by atoms with van der Waals surface area (Å²) in [6.45, 7) is 7.45. The lowest BCUT2D eigenvalue weighted by molar-refractivity contribution is -0.148. The number of nitrogens with zero attached hydrogens (tertiary/aromatic N) is 1. The number of hydrogen-bond acceptors (Lipinski definition) is 8. The monoisotopic (exact) mass is 720 g/mol. The Bertz CT molecular complexity index is 1600. The van der Waals surface area contributed by atoms with Gasteiger partial charge in [-0.05, 0) is 68.0 Å². The van der Waals surface area contributed by atoms with Crippen LogP contribution < -0.4 is 20.7 Å². The topological polar surface area (TPSA) is 137 Å². The smallest absolute Gasteiger partial charge is 0.254 e. The molecule has 1 aliphatic rings. The molecule has 0 saturated carbocycles. The molecular weight excluding hydrogens is 673 g/mol. The van der Waals surface area contributed by atoms with Crippen LogP contribution in [0.15, 0.2) is 78.9 Å². The van der Waals surface area contributed by atoms with E-state index in [4.69, 9.17) is 4.74 Å². The second kappa shape index (κ2) is 18.3. The first-order valence-electron chi connectivity index (χ1n) is 16.7. The Balaban J connectivity index is 1.49. The Morgan fingerprint density at radius 3 is 2.32 bits per heavy atom. The van der Waals surface area contributed by atoms with Crippen LogP contribution >= 0.6 is 23.5 Å². The highest BCUT2D eigenvalue weighted by Gasteiger charge is 2.49. The number of methoxy groups -OCH3 is 1. The average molecular weight is 721 g/mol. The molecule has 3 aromatic carbocycles. The molecule has 4 amide bonds. The number of aryl methyl sites for hydroxylation is 2. The van der Waals surface area contributed by atoms with Crippen LogP contribution in [0.2, 0.25) is 0 Å². The number of amides is 4. The third kappa shape index (κ3) is 10.7. The zero-order chi connectivity index (χ0) is 36.3. The minimum Gasteiger partial charge on any atom is -0.497 e. The SMILES string of the molecule is COc1ccc(CSC[C@@H](NC(C)=O)C(=O)N[C@@H](CCc2ccccc2)[C@H](O)C(=O)N2CSC(C)(C)[C@H]2C(=O)NCc2ccccc2C)cc1. The van der Waals surface area contributed by atoms with Crippen LogP contribution in [-0.2, 0) is 37.9 Å². The lowest BCUT2D eigenvalue weighted by Crippen LogP contribution is -2.59. The van der Waals surface area contributed by atoms with Crippen molar-refractivity contribution in [2.45, 2.75) is 81.8 Å². The van der Waals surface area contributed by atoms with E-state index in [1.807, 2.05) is 99.6 Å². The molecule has 4 atom stereocenters. The zero-order valence-electron chi connectivity index (χ0n) is 29.3. The molecule has 1 fully saturated rings. The van der Waals surface area contributed by atoms with Crippen LogP contribution in [0.5, 0.6) is 5.75 Å². The maximum Gasteiger partial charge on any atom is 0.254 e. The predicted molar refractivity (Wildman–Crippen MR) is 200 cm³/mol. The fourth-order valence-corrected chi connectivity index (χ4v) is 8.00. The summed E-state index contributed by atoms with van der Waals surface area (Å²) in [4.78, 5) is 55.0. The van der Waals surface area contributed by atoms with Crippen molar-refractivity contribution in [3.8, 4) is 5.75 Å². The Labute approximate surface area is 303 Å². The molecule has 0 spiro atoms. The van der Waals surface area contributed by atoms with E-state index in [2.05, 4.69) is 16.0 Å². The van der Waals surface area contributed by atoms with Gasteiger partial charge in [-0.15, -0.1) is 11.8 Å². The molecule has 1 heterocycles. The number of rotatable bonds is 16. The first kappa shape index (κ1) is 38.8. The van der Waals surface area contributed by atoms with Crippen molar-refractivity contribution in [2.75, 3.05) is 18.7 Å². The molecule has 12 heteroatoms. The van der Waals surface area contributed by atoms with Gasteiger partial charge in [0.1, 0.15) is 17.8 Å². The van der Waals surface area contributed by atoms with Crippen molar-refractivity contribution in [3.63, 3.8) is 0 Å². The molecule has 50 heavy (non-hydrogen) atoms. The molecule has 1 aliphatic heterocycles. The first-order valence-corrected chi connectivity index (χ1v) is 18.8. The fourth-order valence-electron chi connectivity index (χ4n) is 5.85. The standard InChI is InChI=1S/C38H48N4O6S2/c1-25-11-9-10-14-29(25)21-39-36(46)34-38(3,4)50-24-42(34)37(47)33(44)31(20-17-27-12-7-6-8-13-27)41-35(45)32(40-26(2)43)23-49-22-28-15-18-30(48-5)19-16-28/h6-16,18-19,31-34,44H,17,20-24H2,1-5H3,(H,39,46)(H,40,43)(H,41,45)/t31-,32+,33-,34+/m0/s1. The Kier molecular flexibility index (Phi) is 14.2. The normalized spacial score (nSPS) is 16.9. The number of aliphatic hydroxyl groups excluding tert-OH is 1. The molecule has 10 nitrogen and oxygen atoms in total. The van der Waals surface area contributed by atoms with Crippen molar-refractivity contribution in [1.82, 2.24) is 20.9 Å². The van der Waals surface area contributed by atoms with Crippen LogP contribution in [0.25, 0.3) is 0 Å². The predicted octanol–water partition coefficient (Wildman–Crippen LogP) is 4.22. The fraction of sp³-hybridized carbons (Fsp3) is 0.421. The van der Waals surface area contributed by atoms with Crippen molar-refractivity contribution in [3.05, 3.63) is 101 Å². The molecule has 0 bridgehead atoms. The second-order valence-electron chi connectivity index (χ2n) is 12.9. The van der Waals surface area contributed by atoms with Gasteiger partial charge >= 0.3 is 0 Å². The number of aliphatic hydroxyl groups is 1. The minimum absolute atomic E-state index is 0.210. The summed E-state index contributed by atoms with van der Waals surface area (Å²) in [5.74, 6) is -0.0000455. The van der Waals surface area contributed by atoms with Crippen molar-refractivity contribution < 1.29 is 29.0 Å². The number of hydrogen-bond donors (Lipinski definition) is 4. The Hall–Kier alpha value is -4.00. The molecular formula is C38H48N4O6S2. The van der Waals surface area contributed by atoms with Gasteiger partial charge in [-0.1, -0.05) is 66.7 Å². The quantitative estimate of drug-likeness (QED) is 0.173. The average Bonchev–Trinajstić information content (AvgIpc) is 3.43. The Morgan fingerprint density at radius 1 is 0.980 bits per heavy atom. The number of nitrogens with one attached hydrogen (secondary N) is 3. The molecule has 0 aromatic heterocycles. The van der Waals surface area contributed by atoms with Crippen LogP contribution in [-0.4, -0.2) is 81.4 Å². The van der Waals surface area contributed by atoms with Gasteiger partial charge in [0.2, 0.25) is 17.7 Å². The molecule has 1 saturated heterocycles. The van der Waals surface area contributed by atoms with E-state index >= 15 is 0 Å². The van der Waals surface area contributed by atoms with Gasteiger partial charge in [-0.2, -0.15) is 11.8 Å². The van der Waals surface area contributed by atoms with Gasteiger partial charge in [0.15, 0.2) is 6.10 Å². The van der Waals surface area contributed by atoms with Crippen LogP contribution in [0, 0.1) is 6.92 Å². The second-order valence-corrected chi connectivity index (χ2v) is 15.6. The molecule has 4 N–H and O–H groups in total. The molecule has 268 valence electrons. The van der Waals surface area contributed by atoms with Crippen molar-refractivity contribution in [2.24, 2.45) is 0 Å². The van der Waals surface area contributed by atoms with Gasteiger partial charge in [-0.3, -0.25) is 19.2 Å². The number of thioether (sulfide) groups is 2. The maximum absolute atomic E-state index is 14.1. The lowest BCUT2D eigenvalue weighted by atomic mass is 9.97. The Morgan fingerprint density at radius 2 is 1.66 bits per heavy atom. The highest BCUT2D eigenvalue weighted by molar-refractivity contribution is 8.00. The van der Waals surface area contributed by atoms with Crippen LogP contribution in [0.4, 0.5) is 0 Å². The summed E-state index contributed by atoms with van der Waals surface area (Å²) < 4.78 is 4.60. The number of benzene rings is 3. The van der Waals surface area contributed by atoms with Gasteiger partial charge in [0.25, 0.3) is 5.91 Å². The van der Waals surface area contributed by atoms with Crippen LogP contribution in [0.1, 0.15) is 49.4 Å². The third-order valence-corrected chi connectivity index (χ3v) is 11.2. The number of ether oxygens (including phenoxy) is 1. The van der Waals surface area contributed by atoms with Gasteiger partial charge in [0.05, 0.1) is 19.0 Å². The summed E-state index contributed by atoms with van der Waals surface area (Å²) in [5, 5.41) is 20.3. The van der Waals surface area contributed by atoms with E-state index in [0.717, 1.165) is 28.0 Å². The molecule has 0 radical (unpaired) electrons. The zero-order valence-corrected chi connectivity index (χ0v) is 30.9. The molecule has 0 aliphatic carbocycles. The highest BCUT2D eigenvalue weighted by atomic mass is 32.2. The summed E-state index contributed by atoms with van der Waals surface area (Å²) in [7, 11) is 1.60. The molecule has 4 rings (SSSR count). The van der Waals surface area contributed by atoms with Crippen molar-refractivity contribution in [1.29, 1.82) is 0 Å². The van der Waals surface area contributed by atoms with Gasteiger partial charge in [0, 0.05) is 29.7 Å². The van der Waals surface area contributed by atoms with E-state index in [1.54, 1.807) is 7.11 Å². The molecule has 0 unspecified atom stereocenters. The minimum atomic E-state index is -1.63. The highest BCUT2D eigenvalue weighted by Crippen LogP contribution is 2.40. The summed E-state index contributed by atoms with van der Waals surface area (Å²) >= 11 is 2.94. The third-order valence-electron chi connectivity index (χ3n) is 8.75. The number of carbonyl (C=O) groups is 4. The van der Waals surface area contributed by atoms with Gasteiger partial charge < -0.3 is 30.7 Å². The van der Waals surface area contributed by atoms with Gasteiger partial charge in [-0.25, -0.2) is 0 Å². The van der Waals surface area contributed by atoms with E-state index in [-0.39, 0.29) is 29.9 Å². The summed E-state index contributed by atoms with van der Waals surface area (Å²) in [5.41, 5.74) is 4.03. The van der Waals surface area contributed by atoms with Crippen molar-refractivity contribution >= 4 is 47.2 Å². The van der Waals surface area contributed by atoms with Crippen LogP contribution in [0.3, 0.4) is 0 Å². The van der Waals surface area contributed by atoms with E-state index in [1.165, 1.54) is 35.3 Å². The lowest BCUT2D eigenvalue weighted by Gasteiger charge is -2.33. The van der Waals surface area contributed by atoms with E-state index in [9.17, 15) is 24.3 Å². The summed E-state index contributed by atoms with van der Waals surface area (Å²) in [6.07, 6.45) is -0.898. The van der Waals surface area contributed by atoms with E-state index < -0.39 is 40.8 Å². The maximum atomic E-state index is 14.1. The molecule has 3 aromatic rings. The summed E-state index contributed by atoms with van der Waals surface area (Å²) in [6, 6.07) is 22.2. The largest absolute Gasteiger partial charge is 0.497 e. The number of carbonyl (C=O) groups excluding carboxylic acids is 4.